The molecule has 1 unspecified atom stereocenters. The van der Waals surface area contributed by atoms with Gasteiger partial charge in [-0.3, -0.25) is 4.79 Å². The van der Waals surface area contributed by atoms with Crippen LogP contribution in [0.15, 0.2) is 24.3 Å². The van der Waals surface area contributed by atoms with Crippen molar-refractivity contribution in [1.29, 1.82) is 0 Å². The molecule has 0 fully saturated rings. The van der Waals surface area contributed by atoms with E-state index in [2.05, 4.69) is 57.1 Å². The van der Waals surface area contributed by atoms with E-state index in [-0.39, 0.29) is 12.1 Å². The Balaban J connectivity index is 3.97. The van der Waals surface area contributed by atoms with Gasteiger partial charge in [-0.15, -0.1) is 0 Å². The Morgan fingerprint density at radius 1 is 0.590 bits per heavy atom. The minimum Gasteiger partial charge on any atom is -0.462 e. The summed E-state index contributed by atoms with van der Waals surface area (Å²) in [6.45, 7) is 5.49. The summed E-state index contributed by atoms with van der Waals surface area (Å²) in [6, 6.07) is 0. The highest BCUT2D eigenvalue weighted by Gasteiger charge is 2.14. The van der Waals surface area contributed by atoms with Crippen LogP contribution in [0, 0.1) is 0 Å². The number of unbranched alkanes of at least 4 members (excludes halogenated alkanes) is 17. The predicted molar refractivity (Wildman–Crippen MR) is 173 cm³/mol. The molecule has 0 saturated carbocycles. The summed E-state index contributed by atoms with van der Waals surface area (Å²) in [4.78, 5) is 14.6. The summed E-state index contributed by atoms with van der Waals surface area (Å²) >= 11 is 0. The summed E-state index contributed by atoms with van der Waals surface area (Å²) in [5.74, 6) is 0.0119. The average Bonchev–Trinajstić information content (AvgIpc) is 2.91. The van der Waals surface area contributed by atoms with Crippen LogP contribution in [0.4, 0.5) is 0 Å². The third-order valence-electron chi connectivity index (χ3n) is 7.64. The van der Waals surface area contributed by atoms with Gasteiger partial charge in [0.2, 0.25) is 0 Å². The number of allylic oxidation sites excluding steroid dienone is 4. The largest absolute Gasteiger partial charge is 0.462 e. The Kier molecular flexibility index (Phi) is 30.6. The first kappa shape index (κ1) is 37.9. The maximum Gasteiger partial charge on any atom is 0.306 e. The summed E-state index contributed by atoms with van der Waals surface area (Å²) in [5, 5.41) is 0. The van der Waals surface area contributed by atoms with E-state index in [1.54, 1.807) is 0 Å². The molecule has 3 nitrogen and oxygen atoms in total. The third kappa shape index (κ3) is 31.3. The van der Waals surface area contributed by atoms with Crippen LogP contribution < -0.4 is 0 Å². The van der Waals surface area contributed by atoms with Crippen LogP contribution in [0.2, 0.25) is 0 Å². The summed E-state index contributed by atoms with van der Waals surface area (Å²) in [5.41, 5.74) is 0. The zero-order valence-electron chi connectivity index (χ0n) is 27.0. The maximum atomic E-state index is 12.4. The lowest BCUT2D eigenvalue weighted by atomic mass is 10.0. The Bertz CT molecular complexity index is 554. The molecule has 3 heteroatoms. The van der Waals surface area contributed by atoms with Gasteiger partial charge in [0.15, 0.2) is 0 Å². The van der Waals surface area contributed by atoms with Crippen LogP contribution in [-0.2, 0) is 9.53 Å². The average molecular weight is 548 g/mol. The fourth-order valence-electron chi connectivity index (χ4n) is 5.09. The van der Waals surface area contributed by atoms with Gasteiger partial charge in [0, 0.05) is 6.42 Å². The molecule has 0 aromatic carbocycles. The van der Waals surface area contributed by atoms with Crippen molar-refractivity contribution in [2.45, 2.75) is 180 Å². The number of carbonyl (C=O) groups is 1. The van der Waals surface area contributed by atoms with Crippen molar-refractivity contribution in [1.82, 2.24) is 4.90 Å². The van der Waals surface area contributed by atoms with Gasteiger partial charge in [-0.1, -0.05) is 128 Å². The predicted octanol–water partition coefficient (Wildman–Crippen LogP) is 11.4. The molecule has 0 heterocycles. The van der Waals surface area contributed by atoms with Crippen molar-refractivity contribution < 1.29 is 9.53 Å². The van der Waals surface area contributed by atoms with Crippen LogP contribution >= 0.6 is 0 Å². The Labute approximate surface area is 245 Å². The molecule has 0 aliphatic rings. The fraction of sp³-hybridized carbons (Fsp3) is 0.861. The van der Waals surface area contributed by atoms with Gasteiger partial charge in [-0.05, 0) is 84.8 Å². The van der Waals surface area contributed by atoms with E-state index in [1.807, 2.05) is 0 Å². The topological polar surface area (TPSA) is 29.5 Å². The second kappa shape index (κ2) is 31.4. The number of nitrogens with zero attached hydrogens (tertiary/aromatic N) is 1. The minimum atomic E-state index is 0.0119. The summed E-state index contributed by atoms with van der Waals surface area (Å²) < 4.78 is 5.96. The molecule has 0 aliphatic heterocycles. The van der Waals surface area contributed by atoms with Gasteiger partial charge in [0.25, 0.3) is 0 Å². The van der Waals surface area contributed by atoms with E-state index in [9.17, 15) is 4.79 Å². The smallest absolute Gasteiger partial charge is 0.306 e. The Hall–Kier alpha value is -1.09. The molecule has 0 aromatic heterocycles. The standard InChI is InChI=1S/C36H69NO2/c1-5-7-9-11-13-15-16-17-18-19-20-21-23-25-27-29-32-35(39-36(38)33-30-34-37(3)4)31-28-26-24-22-14-12-10-8-6-2/h13,15,17-18,35H,5-12,14,16,19-34H2,1-4H3. The normalized spacial score (nSPS) is 12.7. The Morgan fingerprint density at radius 3 is 1.54 bits per heavy atom. The number of rotatable bonds is 30. The first-order valence-electron chi connectivity index (χ1n) is 17.2. The second-order valence-electron chi connectivity index (χ2n) is 12.0. The van der Waals surface area contributed by atoms with Crippen LogP contribution in [0.3, 0.4) is 0 Å². The van der Waals surface area contributed by atoms with Gasteiger partial charge in [-0.2, -0.15) is 0 Å². The molecule has 0 aromatic rings. The Morgan fingerprint density at radius 2 is 1.03 bits per heavy atom. The van der Waals surface area contributed by atoms with Crippen molar-refractivity contribution >= 4 is 5.97 Å². The first-order chi connectivity index (χ1) is 19.1. The molecule has 39 heavy (non-hydrogen) atoms. The molecule has 1 atom stereocenters. The lowest BCUT2D eigenvalue weighted by Gasteiger charge is -2.18. The molecule has 0 rings (SSSR count). The zero-order valence-corrected chi connectivity index (χ0v) is 27.0. The van der Waals surface area contributed by atoms with Gasteiger partial charge in [0.1, 0.15) is 6.10 Å². The van der Waals surface area contributed by atoms with Crippen molar-refractivity contribution in [3.63, 3.8) is 0 Å². The van der Waals surface area contributed by atoms with Gasteiger partial charge in [-0.25, -0.2) is 0 Å². The quantitative estimate of drug-likeness (QED) is 0.0508. The van der Waals surface area contributed by atoms with Crippen LogP contribution in [0.25, 0.3) is 0 Å². The van der Waals surface area contributed by atoms with E-state index in [0.717, 1.165) is 32.2 Å². The lowest BCUT2D eigenvalue weighted by molar-refractivity contribution is -0.150. The lowest BCUT2D eigenvalue weighted by Crippen LogP contribution is -2.20. The van der Waals surface area contributed by atoms with E-state index >= 15 is 0 Å². The first-order valence-corrected chi connectivity index (χ1v) is 17.2. The van der Waals surface area contributed by atoms with Crippen molar-refractivity contribution in [3.8, 4) is 0 Å². The molecule has 230 valence electrons. The molecule has 0 bridgehead atoms. The van der Waals surface area contributed by atoms with E-state index in [1.165, 1.54) is 128 Å². The van der Waals surface area contributed by atoms with Gasteiger partial charge < -0.3 is 9.64 Å². The molecular formula is C36H69NO2. The number of carbonyl (C=O) groups excluding carboxylic acids is 1. The highest BCUT2D eigenvalue weighted by Crippen LogP contribution is 2.18. The minimum absolute atomic E-state index is 0.0119. The monoisotopic (exact) mass is 548 g/mol. The summed E-state index contributed by atoms with van der Waals surface area (Å²) in [6.07, 6.45) is 40.4. The number of hydrogen-bond donors (Lipinski definition) is 0. The van der Waals surface area contributed by atoms with Gasteiger partial charge in [0.05, 0.1) is 0 Å². The van der Waals surface area contributed by atoms with Crippen LogP contribution in [0.1, 0.15) is 174 Å². The molecule has 0 aliphatic carbocycles. The van der Waals surface area contributed by atoms with E-state index in [4.69, 9.17) is 4.74 Å². The van der Waals surface area contributed by atoms with Crippen molar-refractivity contribution in [3.05, 3.63) is 24.3 Å². The molecule has 0 saturated heterocycles. The molecule has 0 amide bonds. The highest BCUT2D eigenvalue weighted by molar-refractivity contribution is 5.69. The molecular weight excluding hydrogens is 478 g/mol. The highest BCUT2D eigenvalue weighted by atomic mass is 16.5. The maximum absolute atomic E-state index is 12.4. The van der Waals surface area contributed by atoms with Crippen LogP contribution in [0.5, 0.6) is 0 Å². The number of hydrogen-bond acceptors (Lipinski definition) is 3. The van der Waals surface area contributed by atoms with E-state index < -0.39 is 0 Å². The van der Waals surface area contributed by atoms with Crippen LogP contribution in [-0.4, -0.2) is 37.6 Å². The number of ether oxygens (including phenoxy) is 1. The third-order valence-corrected chi connectivity index (χ3v) is 7.64. The molecule has 0 radical (unpaired) electrons. The second-order valence-corrected chi connectivity index (χ2v) is 12.0. The van der Waals surface area contributed by atoms with E-state index in [0.29, 0.717) is 6.42 Å². The SMILES string of the molecule is CCCCCC=CCC=CCCCCCCCCC(CCCCCCCCCCC)OC(=O)CCCN(C)C. The fourth-order valence-corrected chi connectivity index (χ4v) is 5.09. The number of esters is 1. The molecule has 0 spiro atoms. The van der Waals surface area contributed by atoms with Gasteiger partial charge >= 0.3 is 5.97 Å². The van der Waals surface area contributed by atoms with Crippen molar-refractivity contribution in [2.24, 2.45) is 0 Å². The summed E-state index contributed by atoms with van der Waals surface area (Å²) in [7, 11) is 4.12. The zero-order chi connectivity index (χ0) is 28.7. The van der Waals surface area contributed by atoms with Crippen molar-refractivity contribution in [2.75, 3.05) is 20.6 Å². The molecule has 0 N–H and O–H groups in total.